The summed E-state index contributed by atoms with van der Waals surface area (Å²) in [4.78, 5) is 137. The molecular formula is C54H85N7O11. The summed E-state index contributed by atoms with van der Waals surface area (Å²) in [6.45, 7) is 19.5. The number of likely N-dealkylation sites (N-methyl/N-ethyl adjacent to an activating group) is 3. The molecule has 1 aromatic rings. The summed E-state index contributed by atoms with van der Waals surface area (Å²) < 4.78 is 12.4. The minimum atomic E-state index is -1.39. The number of hydrogen-bond acceptors (Lipinski definition) is 11. The Labute approximate surface area is 428 Å². The lowest BCUT2D eigenvalue weighted by atomic mass is 9.81. The van der Waals surface area contributed by atoms with Gasteiger partial charge in [0.1, 0.15) is 48.4 Å². The Morgan fingerprint density at radius 2 is 1.19 bits per heavy atom. The second kappa shape index (κ2) is 25.9. The van der Waals surface area contributed by atoms with Crippen LogP contribution in [0.25, 0.3) is 0 Å². The normalized spacial score (nSPS) is 28.9. The van der Waals surface area contributed by atoms with Crippen LogP contribution in [0.1, 0.15) is 140 Å². The van der Waals surface area contributed by atoms with Crippen LogP contribution in [0.4, 0.5) is 0 Å². The lowest BCUT2D eigenvalue weighted by Gasteiger charge is -2.38. The molecule has 3 fully saturated rings. The molecule has 0 saturated carbocycles. The molecule has 0 radical (unpaired) electrons. The lowest BCUT2D eigenvalue weighted by Crippen LogP contribution is -2.60. The first-order chi connectivity index (χ1) is 33.8. The van der Waals surface area contributed by atoms with Crippen molar-refractivity contribution >= 4 is 53.3 Å². The fourth-order valence-corrected chi connectivity index (χ4v) is 9.98. The molecule has 402 valence electrons. The molecule has 0 spiro atoms. The van der Waals surface area contributed by atoms with Gasteiger partial charge in [-0.2, -0.15) is 0 Å². The predicted molar refractivity (Wildman–Crippen MR) is 271 cm³/mol. The number of fused-ring (bicyclic) bond motifs is 2. The Morgan fingerprint density at radius 3 is 1.75 bits per heavy atom. The van der Waals surface area contributed by atoms with Crippen molar-refractivity contribution in [2.24, 2.45) is 23.2 Å². The number of esters is 2. The van der Waals surface area contributed by atoms with Crippen LogP contribution in [0.3, 0.4) is 0 Å². The van der Waals surface area contributed by atoms with Crippen LogP contribution in [0.5, 0.6) is 0 Å². The SMILES string of the molecule is CCCCC[C@H]1OC(=O)[C@H](C(C)C)NC(=O)[C@@H]2CCCN2C(=O)[C@@H]2CCCN2C(=O)[C@@H](Cc2ccccc2)OC(=O)[C@H](C(C)C)N(C)C(=O)[C@H](C)N(C)C(=O)[C@H](C)N(C)C(=O)[C@H]([C@@H](C)CC)NC(=O)C1(C)C. The molecule has 0 aromatic heterocycles. The molecule has 3 saturated heterocycles. The summed E-state index contributed by atoms with van der Waals surface area (Å²) >= 11 is 0. The first-order valence-electron chi connectivity index (χ1n) is 26.3. The third-order valence-electron chi connectivity index (χ3n) is 15.4. The minimum absolute atomic E-state index is 0.0251. The molecule has 2 N–H and O–H groups in total. The van der Waals surface area contributed by atoms with Crippen molar-refractivity contribution in [3.05, 3.63) is 35.9 Å². The zero-order chi connectivity index (χ0) is 53.9. The molecular weight excluding hydrogens is 923 g/mol. The Morgan fingerprint density at radius 1 is 0.639 bits per heavy atom. The van der Waals surface area contributed by atoms with Crippen molar-refractivity contribution in [2.75, 3.05) is 34.2 Å². The number of carbonyl (C=O) groups excluding carboxylic acids is 9. The number of unbranched alkanes of at least 4 members (excludes halogenated alkanes) is 2. The van der Waals surface area contributed by atoms with Crippen molar-refractivity contribution in [1.82, 2.24) is 35.1 Å². The van der Waals surface area contributed by atoms with Gasteiger partial charge in [0.25, 0.3) is 5.91 Å². The van der Waals surface area contributed by atoms with E-state index < -0.39 is 131 Å². The van der Waals surface area contributed by atoms with Crippen LogP contribution in [-0.2, 0) is 59.0 Å². The van der Waals surface area contributed by atoms with Gasteiger partial charge in [0.15, 0.2) is 6.10 Å². The molecule has 18 heteroatoms. The van der Waals surface area contributed by atoms with E-state index in [0.29, 0.717) is 50.5 Å². The number of hydrogen-bond donors (Lipinski definition) is 2. The summed E-state index contributed by atoms with van der Waals surface area (Å²) in [5.41, 5.74) is -0.692. The van der Waals surface area contributed by atoms with Gasteiger partial charge >= 0.3 is 11.9 Å². The molecule has 3 aliphatic heterocycles. The van der Waals surface area contributed by atoms with E-state index in [4.69, 9.17) is 9.47 Å². The Kier molecular flexibility index (Phi) is 21.2. The summed E-state index contributed by atoms with van der Waals surface area (Å²) in [7, 11) is 4.34. The van der Waals surface area contributed by atoms with Crippen molar-refractivity contribution < 1.29 is 52.6 Å². The van der Waals surface area contributed by atoms with E-state index in [0.717, 1.165) is 12.8 Å². The molecule has 0 bridgehead atoms. The smallest absolute Gasteiger partial charge is 0.329 e. The number of nitrogens with zero attached hydrogens (tertiary/aromatic N) is 5. The second-order valence-corrected chi connectivity index (χ2v) is 21.6. The third kappa shape index (κ3) is 13.7. The Hall–Kier alpha value is -5.55. The maximum Gasteiger partial charge on any atom is 0.329 e. The van der Waals surface area contributed by atoms with Crippen LogP contribution in [0.15, 0.2) is 30.3 Å². The standard InChI is InChI=1S/C54H85N7O11/c1-15-17-19-28-41-54(10,11)53(70)56-43(34(7)16-2)50(67)58(13)35(8)46(63)57(12)36(9)47(64)59(14)44(33(5)6)52(69)71-40(31-37-24-20-18-21-25-37)49(66)61-30-23-27-39(61)48(65)60-29-22-26-38(60)45(62)55-42(32(3)4)51(68)72-41/h18,20-21,24-25,32-36,38-44H,15-17,19,22-23,26-31H2,1-14H3,(H,55,62)(H,56,70)/t34-,35-,36-,38-,39-,40+,41+,42-,43-,44-/m0/s1. The molecule has 0 aliphatic carbocycles. The number of rotatable bonds is 10. The molecule has 4 rings (SSSR count). The molecule has 18 nitrogen and oxygen atoms in total. The molecule has 3 aliphatic rings. The van der Waals surface area contributed by atoms with Gasteiger partial charge in [-0.25, -0.2) is 9.59 Å². The fraction of sp³-hybridized carbons (Fsp3) is 0.722. The molecule has 72 heavy (non-hydrogen) atoms. The zero-order valence-corrected chi connectivity index (χ0v) is 45.5. The van der Waals surface area contributed by atoms with Crippen LogP contribution in [-0.4, -0.2) is 167 Å². The average Bonchev–Trinajstić information content (AvgIpc) is 4.06. The first-order valence-corrected chi connectivity index (χ1v) is 26.3. The summed E-state index contributed by atoms with van der Waals surface area (Å²) in [6.07, 6.45) is 2.27. The molecule has 3 heterocycles. The molecule has 10 atom stereocenters. The number of benzene rings is 1. The summed E-state index contributed by atoms with van der Waals surface area (Å²) in [6, 6.07) is 1.40. The number of carbonyl (C=O) groups is 9. The van der Waals surface area contributed by atoms with Gasteiger partial charge in [-0.3, -0.25) is 33.6 Å². The van der Waals surface area contributed by atoms with Gasteiger partial charge in [-0.05, 0) is 89.5 Å². The highest BCUT2D eigenvalue weighted by atomic mass is 16.6. The minimum Gasteiger partial charge on any atom is -0.460 e. The monoisotopic (exact) mass is 1010 g/mol. The second-order valence-electron chi connectivity index (χ2n) is 21.6. The van der Waals surface area contributed by atoms with Gasteiger partial charge < -0.3 is 44.6 Å². The van der Waals surface area contributed by atoms with Crippen molar-refractivity contribution in [3.8, 4) is 0 Å². The van der Waals surface area contributed by atoms with Gasteiger partial charge in [0.05, 0.1) is 5.41 Å². The summed E-state index contributed by atoms with van der Waals surface area (Å²) in [5.74, 6) is -6.84. The van der Waals surface area contributed by atoms with E-state index in [1.54, 1.807) is 65.8 Å². The van der Waals surface area contributed by atoms with E-state index in [2.05, 4.69) is 10.6 Å². The van der Waals surface area contributed by atoms with Crippen LogP contribution >= 0.6 is 0 Å². The topological polar surface area (TPSA) is 212 Å². The predicted octanol–water partition coefficient (Wildman–Crippen LogP) is 4.50. The highest BCUT2D eigenvalue weighted by Gasteiger charge is 2.48. The van der Waals surface area contributed by atoms with Crippen molar-refractivity contribution in [2.45, 2.75) is 195 Å². The number of nitrogens with one attached hydrogen (secondary N) is 2. The quantitative estimate of drug-likeness (QED) is 0.246. The Balaban J connectivity index is 1.82. The lowest BCUT2D eigenvalue weighted by molar-refractivity contribution is -0.169. The van der Waals surface area contributed by atoms with Crippen LogP contribution in [0.2, 0.25) is 0 Å². The van der Waals surface area contributed by atoms with E-state index in [1.807, 2.05) is 26.8 Å². The number of cyclic esters (lactones) is 2. The maximum atomic E-state index is 14.8. The van der Waals surface area contributed by atoms with E-state index >= 15 is 0 Å². The van der Waals surface area contributed by atoms with E-state index in [9.17, 15) is 43.2 Å². The van der Waals surface area contributed by atoms with Crippen LogP contribution < -0.4 is 10.6 Å². The zero-order valence-electron chi connectivity index (χ0n) is 45.5. The van der Waals surface area contributed by atoms with Gasteiger partial charge in [-0.15, -0.1) is 0 Å². The first kappa shape index (κ1) is 59.0. The Bertz CT molecular complexity index is 2100. The molecule has 0 unspecified atom stereocenters. The van der Waals surface area contributed by atoms with E-state index in [-0.39, 0.29) is 19.5 Å². The van der Waals surface area contributed by atoms with E-state index in [1.165, 1.54) is 59.5 Å². The van der Waals surface area contributed by atoms with Crippen molar-refractivity contribution in [1.29, 1.82) is 0 Å². The molecule has 1 aromatic carbocycles. The van der Waals surface area contributed by atoms with Crippen molar-refractivity contribution in [3.63, 3.8) is 0 Å². The number of ether oxygens (including phenoxy) is 2. The number of amides is 7. The molecule has 7 amide bonds. The highest BCUT2D eigenvalue weighted by molar-refractivity contribution is 5.97. The van der Waals surface area contributed by atoms with Crippen LogP contribution in [0, 0.1) is 23.2 Å². The largest absolute Gasteiger partial charge is 0.460 e. The average molecular weight is 1010 g/mol. The third-order valence-corrected chi connectivity index (χ3v) is 15.4. The highest BCUT2D eigenvalue weighted by Crippen LogP contribution is 2.32. The summed E-state index contributed by atoms with van der Waals surface area (Å²) in [5, 5.41) is 5.84. The van der Waals surface area contributed by atoms with Gasteiger partial charge in [0, 0.05) is 40.7 Å². The fourth-order valence-electron chi connectivity index (χ4n) is 9.98. The van der Waals surface area contributed by atoms with Gasteiger partial charge in [0.2, 0.25) is 35.4 Å². The maximum absolute atomic E-state index is 14.8. The van der Waals surface area contributed by atoms with Gasteiger partial charge in [-0.1, -0.05) is 98.1 Å².